The number of Topliss-reactive ketones (excluding diaryl/α,β-unsaturated/α-hetero) is 1. The van der Waals surface area contributed by atoms with E-state index >= 15 is 0 Å². The van der Waals surface area contributed by atoms with Crippen LogP contribution >= 0.6 is 11.8 Å². The fraction of sp³-hybridized carbons (Fsp3) is 0.167. The van der Waals surface area contributed by atoms with Gasteiger partial charge in [-0.1, -0.05) is 17.8 Å². The van der Waals surface area contributed by atoms with E-state index in [1.165, 1.54) is 11.8 Å². The van der Waals surface area contributed by atoms with Gasteiger partial charge >= 0.3 is 0 Å². The van der Waals surface area contributed by atoms with Crippen LogP contribution in [0.25, 0.3) is 5.52 Å². The van der Waals surface area contributed by atoms with Gasteiger partial charge < -0.3 is 10.1 Å². The maximum absolute atomic E-state index is 12.8. The van der Waals surface area contributed by atoms with Gasteiger partial charge in [-0.3, -0.25) is 14.0 Å². The van der Waals surface area contributed by atoms with E-state index in [4.69, 9.17) is 4.74 Å². The number of ketones is 1. The molecule has 25 heavy (non-hydrogen) atoms. The van der Waals surface area contributed by atoms with Crippen LogP contribution in [0.4, 0.5) is 5.69 Å². The summed E-state index contributed by atoms with van der Waals surface area (Å²) in [5.41, 5.74) is 2.05. The minimum atomic E-state index is -0.316. The largest absolute Gasteiger partial charge is 0.482 e. The van der Waals surface area contributed by atoms with Crippen molar-refractivity contribution < 1.29 is 14.3 Å². The lowest BCUT2D eigenvalue weighted by molar-refractivity contribution is -0.118. The van der Waals surface area contributed by atoms with Crippen molar-refractivity contribution in [1.82, 2.24) is 9.38 Å². The van der Waals surface area contributed by atoms with Crippen LogP contribution in [0.15, 0.2) is 53.9 Å². The zero-order valence-corrected chi connectivity index (χ0v) is 14.2. The van der Waals surface area contributed by atoms with E-state index in [9.17, 15) is 9.59 Å². The highest BCUT2D eigenvalue weighted by Gasteiger charge is 2.22. The number of ether oxygens (including phenoxy) is 1. The molecule has 1 aliphatic rings. The number of nitrogens with zero attached hydrogens (tertiary/aromatic N) is 2. The van der Waals surface area contributed by atoms with Crippen molar-refractivity contribution in [3.05, 3.63) is 54.4 Å². The van der Waals surface area contributed by atoms with Gasteiger partial charge in [0, 0.05) is 11.8 Å². The number of fused-ring (bicyclic) bond motifs is 2. The molecule has 1 aliphatic heterocycles. The van der Waals surface area contributed by atoms with Gasteiger partial charge in [0.05, 0.1) is 22.7 Å². The van der Waals surface area contributed by atoms with Crippen molar-refractivity contribution in [3.63, 3.8) is 0 Å². The van der Waals surface area contributed by atoms with Crippen molar-refractivity contribution >= 4 is 34.7 Å². The monoisotopic (exact) mass is 353 g/mol. The number of amides is 1. The SMILES string of the molecule is CC(Sc1ncc2ccccn12)C(=O)c1ccc2c(c1)NC(=O)CO2. The van der Waals surface area contributed by atoms with E-state index in [1.54, 1.807) is 24.4 Å². The molecule has 0 saturated carbocycles. The van der Waals surface area contributed by atoms with Gasteiger partial charge in [0.15, 0.2) is 17.5 Å². The van der Waals surface area contributed by atoms with E-state index in [-0.39, 0.29) is 23.5 Å². The van der Waals surface area contributed by atoms with E-state index in [1.807, 2.05) is 35.7 Å². The van der Waals surface area contributed by atoms with Crippen molar-refractivity contribution in [1.29, 1.82) is 0 Å². The molecule has 0 saturated heterocycles. The molecule has 1 amide bonds. The Labute approximate surface area is 148 Å². The molecule has 3 aromatic rings. The average Bonchev–Trinajstić information content (AvgIpc) is 3.03. The second-order valence-corrected chi connectivity index (χ2v) is 7.02. The average molecular weight is 353 g/mol. The van der Waals surface area contributed by atoms with Crippen LogP contribution in [-0.2, 0) is 4.79 Å². The van der Waals surface area contributed by atoms with Gasteiger partial charge in [-0.2, -0.15) is 0 Å². The van der Waals surface area contributed by atoms with Gasteiger partial charge in [-0.15, -0.1) is 0 Å². The molecule has 1 aromatic carbocycles. The Morgan fingerprint density at radius 1 is 1.36 bits per heavy atom. The molecule has 1 N–H and O–H groups in total. The van der Waals surface area contributed by atoms with E-state index in [2.05, 4.69) is 10.3 Å². The first-order valence-electron chi connectivity index (χ1n) is 7.81. The van der Waals surface area contributed by atoms with Gasteiger partial charge in [0.2, 0.25) is 0 Å². The third-order valence-corrected chi connectivity index (χ3v) is 5.03. The topological polar surface area (TPSA) is 72.7 Å². The van der Waals surface area contributed by atoms with Crippen LogP contribution in [0, 0.1) is 0 Å². The smallest absolute Gasteiger partial charge is 0.262 e. The standard InChI is InChI=1S/C18H15N3O3S/c1-11(25-18-19-9-13-4-2-3-7-21(13)18)17(23)12-5-6-15-14(8-12)20-16(22)10-24-15/h2-9,11H,10H2,1H3,(H,20,22). The zero-order chi connectivity index (χ0) is 17.4. The molecular formula is C18H15N3O3S. The number of hydrogen-bond acceptors (Lipinski definition) is 5. The third kappa shape index (κ3) is 2.98. The lowest BCUT2D eigenvalue weighted by atomic mass is 10.1. The molecule has 1 unspecified atom stereocenters. The third-order valence-electron chi connectivity index (χ3n) is 3.95. The number of carbonyl (C=O) groups is 2. The van der Waals surface area contributed by atoms with Crippen LogP contribution in [-0.4, -0.2) is 32.9 Å². The predicted molar refractivity (Wildman–Crippen MR) is 95.4 cm³/mol. The fourth-order valence-electron chi connectivity index (χ4n) is 2.69. The second-order valence-electron chi connectivity index (χ2n) is 5.71. The number of rotatable bonds is 4. The van der Waals surface area contributed by atoms with Crippen LogP contribution < -0.4 is 10.1 Å². The fourth-order valence-corrected chi connectivity index (χ4v) is 3.64. The highest BCUT2D eigenvalue weighted by molar-refractivity contribution is 8.00. The molecule has 7 heteroatoms. The minimum Gasteiger partial charge on any atom is -0.482 e. The van der Waals surface area contributed by atoms with Gasteiger partial charge in [0.1, 0.15) is 5.75 Å². The summed E-state index contributed by atoms with van der Waals surface area (Å²) in [6.07, 6.45) is 3.71. The Hall–Kier alpha value is -2.80. The summed E-state index contributed by atoms with van der Waals surface area (Å²) in [6, 6.07) is 10.9. The number of nitrogens with one attached hydrogen (secondary N) is 1. The van der Waals surface area contributed by atoms with Crippen LogP contribution in [0.2, 0.25) is 0 Å². The molecule has 0 fully saturated rings. The second kappa shape index (κ2) is 6.25. The summed E-state index contributed by atoms with van der Waals surface area (Å²) in [5.74, 6) is 0.333. The lowest BCUT2D eigenvalue weighted by Gasteiger charge is -2.19. The molecule has 0 spiro atoms. The Kier molecular flexibility index (Phi) is 3.93. The summed E-state index contributed by atoms with van der Waals surface area (Å²) in [7, 11) is 0. The van der Waals surface area contributed by atoms with Crippen LogP contribution in [0.3, 0.4) is 0 Å². The molecule has 1 atom stereocenters. The Morgan fingerprint density at radius 2 is 2.24 bits per heavy atom. The number of anilines is 1. The summed E-state index contributed by atoms with van der Waals surface area (Å²) >= 11 is 1.40. The van der Waals surface area contributed by atoms with Gasteiger partial charge in [0.25, 0.3) is 5.91 Å². The number of carbonyl (C=O) groups excluding carboxylic acids is 2. The van der Waals surface area contributed by atoms with Crippen LogP contribution in [0.1, 0.15) is 17.3 Å². The van der Waals surface area contributed by atoms with Crippen LogP contribution in [0.5, 0.6) is 5.75 Å². The Morgan fingerprint density at radius 3 is 3.12 bits per heavy atom. The lowest BCUT2D eigenvalue weighted by Crippen LogP contribution is -2.25. The minimum absolute atomic E-state index is 0.000492. The first kappa shape index (κ1) is 15.7. The molecule has 0 aliphatic carbocycles. The first-order chi connectivity index (χ1) is 12.1. The molecule has 3 heterocycles. The normalized spacial score (nSPS) is 14.5. The summed E-state index contributed by atoms with van der Waals surface area (Å²) in [4.78, 5) is 28.6. The number of aromatic nitrogens is 2. The number of pyridine rings is 1. The van der Waals surface area contributed by atoms with Gasteiger partial charge in [-0.25, -0.2) is 4.98 Å². The van der Waals surface area contributed by atoms with Crippen molar-refractivity contribution in [3.8, 4) is 5.75 Å². The number of imidazole rings is 1. The molecule has 6 nitrogen and oxygen atoms in total. The highest BCUT2D eigenvalue weighted by Crippen LogP contribution is 2.31. The molecule has 126 valence electrons. The Bertz CT molecular complexity index is 983. The van der Waals surface area contributed by atoms with Gasteiger partial charge in [-0.05, 0) is 37.3 Å². The number of benzene rings is 1. The van der Waals surface area contributed by atoms with Crippen molar-refractivity contribution in [2.45, 2.75) is 17.3 Å². The number of thioether (sulfide) groups is 1. The number of hydrogen-bond donors (Lipinski definition) is 1. The zero-order valence-electron chi connectivity index (χ0n) is 13.4. The Balaban J connectivity index is 1.56. The summed E-state index contributed by atoms with van der Waals surface area (Å²) in [6.45, 7) is 1.85. The molecular weight excluding hydrogens is 338 g/mol. The van der Waals surface area contributed by atoms with E-state index in [0.29, 0.717) is 17.0 Å². The van der Waals surface area contributed by atoms with Crippen molar-refractivity contribution in [2.75, 3.05) is 11.9 Å². The predicted octanol–water partition coefficient (Wildman–Crippen LogP) is 3.03. The maximum Gasteiger partial charge on any atom is 0.262 e. The molecule has 0 bridgehead atoms. The molecule has 2 aromatic heterocycles. The summed E-state index contributed by atoms with van der Waals surface area (Å²) in [5, 5.41) is 3.18. The first-order valence-corrected chi connectivity index (χ1v) is 8.69. The van der Waals surface area contributed by atoms with Crippen molar-refractivity contribution in [2.24, 2.45) is 0 Å². The van der Waals surface area contributed by atoms with E-state index in [0.717, 1.165) is 10.7 Å². The molecule has 0 radical (unpaired) electrons. The maximum atomic E-state index is 12.8. The highest BCUT2D eigenvalue weighted by atomic mass is 32.2. The quantitative estimate of drug-likeness (QED) is 0.576. The summed E-state index contributed by atoms with van der Waals surface area (Å²) < 4.78 is 7.28. The molecule has 4 rings (SSSR count). The van der Waals surface area contributed by atoms with E-state index < -0.39 is 0 Å².